The molecule has 5 rings (SSSR count). The summed E-state index contributed by atoms with van der Waals surface area (Å²) in [5.74, 6) is 0. The van der Waals surface area contributed by atoms with Gasteiger partial charge < -0.3 is 4.90 Å². The maximum absolute atomic E-state index is 3.89. The fourth-order valence-corrected chi connectivity index (χ4v) is 7.12. The minimum atomic E-state index is 0.218. The molecule has 0 amide bonds. The molecule has 0 N–H and O–H groups in total. The van der Waals surface area contributed by atoms with Gasteiger partial charge in [0.1, 0.15) is 7.05 Å². The number of fused-ring (bicyclic) bond motifs is 2. The topological polar surface area (TPSA) is 7.12 Å². The van der Waals surface area contributed by atoms with Crippen LogP contribution in [0.2, 0.25) is 0 Å². The Kier molecular flexibility index (Phi) is 6.93. The molecule has 0 spiro atoms. The van der Waals surface area contributed by atoms with Crippen molar-refractivity contribution in [1.82, 2.24) is 0 Å². The number of allylic oxidation sites excluding steroid dienone is 4. The van der Waals surface area contributed by atoms with Gasteiger partial charge in [0.15, 0.2) is 6.20 Å². The number of pyridine rings is 1. The van der Waals surface area contributed by atoms with Crippen LogP contribution in [-0.4, -0.2) is 6.54 Å². The minimum absolute atomic E-state index is 0.218. The summed E-state index contributed by atoms with van der Waals surface area (Å²) in [7, 11) is 2.12. The quantitative estimate of drug-likeness (QED) is 0.250. The number of aromatic nitrogens is 1. The van der Waals surface area contributed by atoms with Gasteiger partial charge >= 0.3 is 0 Å². The van der Waals surface area contributed by atoms with Gasteiger partial charge in [-0.3, -0.25) is 0 Å². The zero-order valence-electron chi connectivity index (χ0n) is 22.0. The Labute approximate surface area is 224 Å². The SMILES string of the molecule is C=CSc1ccc2c(c1)c(/C=C1C=C(/C=C3/Sc4ccc(C)cc4N3CC)CC(C)(C)C/1)cc[n+]2C. The summed E-state index contributed by atoms with van der Waals surface area (Å²) in [6.45, 7) is 14.1. The van der Waals surface area contributed by atoms with E-state index in [-0.39, 0.29) is 5.41 Å². The van der Waals surface area contributed by atoms with Crippen molar-refractivity contribution in [3.05, 3.63) is 100 Å². The van der Waals surface area contributed by atoms with Crippen LogP contribution in [0.15, 0.2) is 98.8 Å². The summed E-state index contributed by atoms with van der Waals surface area (Å²) in [4.78, 5) is 5.04. The van der Waals surface area contributed by atoms with Crippen LogP contribution in [-0.2, 0) is 7.05 Å². The predicted octanol–water partition coefficient (Wildman–Crippen LogP) is 8.81. The highest BCUT2D eigenvalue weighted by Crippen LogP contribution is 2.48. The largest absolute Gasteiger partial charge is 0.335 e. The van der Waals surface area contributed by atoms with Crippen molar-refractivity contribution in [3.63, 3.8) is 0 Å². The third-order valence-corrected chi connectivity index (χ3v) is 8.75. The fraction of sp³-hybridized carbons (Fsp3) is 0.281. The molecule has 4 heteroatoms. The zero-order valence-corrected chi connectivity index (χ0v) is 23.6. The van der Waals surface area contributed by atoms with Crippen molar-refractivity contribution < 1.29 is 4.57 Å². The Balaban J connectivity index is 1.55. The monoisotopic (exact) mass is 511 g/mol. The average molecular weight is 512 g/mol. The highest BCUT2D eigenvalue weighted by atomic mass is 32.2. The molecule has 0 atom stereocenters. The van der Waals surface area contributed by atoms with E-state index in [4.69, 9.17) is 0 Å². The maximum atomic E-state index is 3.89. The molecule has 36 heavy (non-hydrogen) atoms. The summed E-state index contributed by atoms with van der Waals surface area (Å²) < 4.78 is 2.20. The van der Waals surface area contributed by atoms with E-state index in [9.17, 15) is 0 Å². The van der Waals surface area contributed by atoms with Crippen LogP contribution >= 0.6 is 23.5 Å². The van der Waals surface area contributed by atoms with Crippen LogP contribution in [0.3, 0.4) is 0 Å². The summed E-state index contributed by atoms with van der Waals surface area (Å²) in [5.41, 5.74) is 8.21. The molecule has 1 aliphatic heterocycles. The van der Waals surface area contributed by atoms with E-state index >= 15 is 0 Å². The molecule has 0 fully saturated rings. The normalized spacial score (nSPS) is 19.1. The second kappa shape index (κ2) is 9.99. The smallest absolute Gasteiger partial charge is 0.212 e. The number of benzene rings is 2. The molecule has 1 aromatic heterocycles. The first kappa shape index (κ1) is 25.0. The van der Waals surface area contributed by atoms with Crippen molar-refractivity contribution in [2.75, 3.05) is 11.4 Å². The molecule has 0 unspecified atom stereocenters. The van der Waals surface area contributed by atoms with E-state index in [0.717, 1.165) is 19.4 Å². The Bertz CT molecular complexity index is 1440. The number of hydrogen-bond donors (Lipinski definition) is 0. The van der Waals surface area contributed by atoms with Crippen LogP contribution < -0.4 is 9.47 Å². The number of aryl methyl sites for hydroxylation is 2. The molecule has 2 nitrogen and oxygen atoms in total. The number of thioether (sulfide) groups is 2. The van der Waals surface area contributed by atoms with Gasteiger partial charge in [-0.05, 0) is 90.1 Å². The first-order chi connectivity index (χ1) is 17.3. The van der Waals surface area contributed by atoms with Crippen LogP contribution in [0, 0.1) is 12.3 Å². The lowest BCUT2D eigenvalue weighted by Gasteiger charge is -2.31. The minimum Gasteiger partial charge on any atom is -0.335 e. The highest BCUT2D eigenvalue weighted by molar-refractivity contribution is 8.03. The fourth-order valence-electron chi connectivity index (χ4n) is 5.41. The predicted molar refractivity (Wildman–Crippen MR) is 158 cm³/mol. The van der Waals surface area contributed by atoms with E-state index in [1.807, 2.05) is 17.2 Å². The molecule has 0 radical (unpaired) electrons. The van der Waals surface area contributed by atoms with Gasteiger partial charge in [0, 0.05) is 28.5 Å². The Morgan fingerprint density at radius 3 is 2.72 bits per heavy atom. The van der Waals surface area contributed by atoms with Gasteiger partial charge in [-0.1, -0.05) is 62.2 Å². The summed E-state index contributed by atoms with van der Waals surface area (Å²) in [6, 6.07) is 15.7. The van der Waals surface area contributed by atoms with E-state index in [2.05, 4.69) is 118 Å². The summed E-state index contributed by atoms with van der Waals surface area (Å²) >= 11 is 3.57. The van der Waals surface area contributed by atoms with Gasteiger partial charge in [0.25, 0.3) is 0 Å². The zero-order chi connectivity index (χ0) is 25.4. The van der Waals surface area contributed by atoms with Crippen LogP contribution in [0.4, 0.5) is 5.69 Å². The first-order valence-electron chi connectivity index (χ1n) is 12.7. The van der Waals surface area contributed by atoms with Crippen LogP contribution in [0.25, 0.3) is 17.0 Å². The molecule has 0 saturated heterocycles. The highest BCUT2D eigenvalue weighted by Gasteiger charge is 2.28. The Hall–Kier alpha value is -2.69. The molecular weight excluding hydrogens is 477 g/mol. The number of anilines is 1. The lowest BCUT2D eigenvalue weighted by Crippen LogP contribution is -2.28. The third kappa shape index (κ3) is 5.07. The summed E-state index contributed by atoms with van der Waals surface area (Å²) in [6.07, 6.45) is 11.6. The molecule has 2 aliphatic rings. The van der Waals surface area contributed by atoms with E-state index in [0.29, 0.717) is 0 Å². The standard InChI is InChI=1S/C32H35N2S2/c1-7-34-29-15-22(3)9-12-30(29)36-31(34)18-24-16-23(20-32(4,5)21-24)17-25-13-14-33(6)28-11-10-26(35-8-2)19-27(25)28/h8-19H,2,7,20-21H2,1,3-6H3/q+1. The van der Waals surface area contributed by atoms with E-state index in [1.54, 1.807) is 11.8 Å². The summed E-state index contributed by atoms with van der Waals surface area (Å²) in [5, 5.41) is 4.52. The average Bonchev–Trinajstić information content (AvgIpc) is 3.16. The Morgan fingerprint density at radius 2 is 1.94 bits per heavy atom. The third-order valence-electron chi connectivity index (χ3n) is 6.94. The van der Waals surface area contributed by atoms with E-state index in [1.165, 1.54) is 53.7 Å². The van der Waals surface area contributed by atoms with Crippen LogP contribution in [0.5, 0.6) is 0 Å². The molecule has 184 valence electrons. The maximum Gasteiger partial charge on any atom is 0.212 e. The molecule has 0 bridgehead atoms. The van der Waals surface area contributed by atoms with Gasteiger partial charge in [-0.2, -0.15) is 0 Å². The van der Waals surface area contributed by atoms with Crippen molar-refractivity contribution >= 4 is 46.2 Å². The molecule has 3 aromatic rings. The van der Waals surface area contributed by atoms with Crippen molar-refractivity contribution in [1.29, 1.82) is 0 Å². The lowest BCUT2D eigenvalue weighted by atomic mass is 9.75. The lowest BCUT2D eigenvalue weighted by molar-refractivity contribution is -0.644. The molecular formula is C32H35N2S2+. The first-order valence-corrected chi connectivity index (χ1v) is 14.3. The van der Waals surface area contributed by atoms with Gasteiger partial charge in [-0.15, -0.1) is 0 Å². The Morgan fingerprint density at radius 1 is 1.11 bits per heavy atom. The van der Waals surface area contributed by atoms with Crippen molar-refractivity contribution in [2.45, 2.75) is 50.3 Å². The van der Waals surface area contributed by atoms with Gasteiger partial charge in [-0.25, -0.2) is 4.57 Å². The van der Waals surface area contributed by atoms with E-state index < -0.39 is 0 Å². The van der Waals surface area contributed by atoms with Crippen molar-refractivity contribution in [2.24, 2.45) is 12.5 Å². The van der Waals surface area contributed by atoms with Crippen LogP contribution in [0.1, 0.15) is 44.7 Å². The number of nitrogens with zero attached hydrogens (tertiary/aromatic N) is 2. The molecule has 2 heterocycles. The second-order valence-corrected chi connectivity index (χ2v) is 12.7. The number of rotatable bonds is 5. The van der Waals surface area contributed by atoms with Gasteiger partial charge in [0.2, 0.25) is 5.52 Å². The second-order valence-electron chi connectivity index (χ2n) is 10.6. The molecule has 2 aromatic carbocycles. The van der Waals surface area contributed by atoms with Gasteiger partial charge in [0.05, 0.1) is 16.1 Å². The number of hydrogen-bond acceptors (Lipinski definition) is 3. The van der Waals surface area contributed by atoms with Crippen molar-refractivity contribution in [3.8, 4) is 0 Å². The molecule has 0 saturated carbocycles. The molecule has 1 aliphatic carbocycles.